The minimum atomic E-state index is -1.80. The highest BCUT2D eigenvalue weighted by Crippen LogP contribution is 2.38. The van der Waals surface area contributed by atoms with Crippen LogP contribution < -0.4 is 0 Å². The van der Waals surface area contributed by atoms with Crippen molar-refractivity contribution in [2.45, 2.75) is 73.3 Å². The summed E-state index contributed by atoms with van der Waals surface area (Å²) in [6.45, 7) is 0. The molecule has 4 fully saturated rings. The van der Waals surface area contributed by atoms with Crippen LogP contribution in [-0.2, 0) is 30.3 Å². The van der Waals surface area contributed by atoms with Crippen molar-refractivity contribution in [2.24, 2.45) is 0 Å². The first-order chi connectivity index (χ1) is 26.2. The van der Waals surface area contributed by atoms with Gasteiger partial charge in [-0.1, -0.05) is 121 Å². The predicted octanol–water partition coefficient (Wildman–Crippen LogP) is 6.11. The number of hydrogen-bond acceptors (Lipinski definition) is 10. The Morgan fingerprint density at radius 3 is 0.965 bits per heavy atom. The van der Waals surface area contributed by atoms with Gasteiger partial charge in [-0.15, -0.1) is 24.8 Å². The van der Waals surface area contributed by atoms with Crippen LogP contribution >= 0.6 is 48.3 Å². The van der Waals surface area contributed by atoms with Crippen LogP contribution in [0.4, 0.5) is 0 Å². The van der Waals surface area contributed by atoms with Crippen LogP contribution in [0, 0.1) is 0 Å². The Morgan fingerprint density at radius 2 is 0.737 bits per heavy atom. The molecule has 9 nitrogen and oxygen atoms in total. The van der Waals surface area contributed by atoms with E-state index in [0.29, 0.717) is 46.4 Å². The van der Waals surface area contributed by atoms with Crippen LogP contribution in [0.2, 0.25) is 0 Å². The van der Waals surface area contributed by atoms with E-state index in [-0.39, 0.29) is 42.5 Å². The SMILES string of the molecule is CN1C2CSCC1CC(OC(=O)C(O)(c1ccccc1)c1ccccc1)C2.CN1C2CSCC1CC(OC(=O)C(O)(c1ccccc1)c1ccccc1)C2.Cl.Cl.O. The molecule has 4 aromatic carbocycles. The number of rotatable bonds is 8. The van der Waals surface area contributed by atoms with E-state index in [9.17, 15) is 19.8 Å². The molecule has 0 aliphatic carbocycles. The Labute approximate surface area is 357 Å². The van der Waals surface area contributed by atoms with Gasteiger partial charge in [0.15, 0.2) is 0 Å². The summed E-state index contributed by atoms with van der Waals surface area (Å²) in [7, 11) is 4.33. The number of esters is 2. The number of fused-ring (bicyclic) bond motifs is 4. The standard InChI is InChI=1S/2C22H25NO3S.2ClH.H2O/c2*1-23-18-12-20(13-19(23)15-27-14-18)26-21(24)22(25,16-8-4-2-5-9-16)17-10-6-3-7-11-17;;;/h2*2-11,18-20,25H,12-15H2,1H3;2*1H;1H2. The molecular formula is C44H54Cl2N2O7S2. The highest BCUT2D eigenvalue weighted by atomic mass is 35.5. The topological polar surface area (TPSA) is 131 Å². The van der Waals surface area contributed by atoms with Gasteiger partial charge in [-0.2, -0.15) is 23.5 Å². The van der Waals surface area contributed by atoms with Crippen molar-refractivity contribution in [3.63, 3.8) is 0 Å². The van der Waals surface area contributed by atoms with Gasteiger partial charge in [-0.3, -0.25) is 9.80 Å². The quantitative estimate of drug-likeness (QED) is 0.201. The van der Waals surface area contributed by atoms with Gasteiger partial charge in [0.25, 0.3) is 0 Å². The largest absolute Gasteiger partial charge is 0.460 e. The molecule has 4 heterocycles. The molecule has 0 radical (unpaired) electrons. The van der Waals surface area contributed by atoms with Gasteiger partial charge in [0.1, 0.15) is 12.2 Å². The number of hydrogen-bond donors (Lipinski definition) is 2. The van der Waals surface area contributed by atoms with E-state index >= 15 is 0 Å². The molecule has 4 bridgehead atoms. The summed E-state index contributed by atoms with van der Waals surface area (Å²) in [6.07, 6.45) is 3.00. The van der Waals surface area contributed by atoms with Crippen molar-refractivity contribution in [3.8, 4) is 0 Å². The zero-order valence-electron chi connectivity index (χ0n) is 32.2. The van der Waals surface area contributed by atoms with Gasteiger partial charge in [0.05, 0.1) is 0 Å². The molecule has 308 valence electrons. The lowest BCUT2D eigenvalue weighted by atomic mass is 9.86. The van der Waals surface area contributed by atoms with Crippen molar-refractivity contribution >= 4 is 60.3 Å². The second kappa shape index (κ2) is 20.7. The zero-order valence-corrected chi connectivity index (χ0v) is 35.5. The fourth-order valence-corrected chi connectivity index (χ4v) is 11.1. The average Bonchev–Trinajstić information content (AvgIpc) is 3.19. The maximum Gasteiger partial charge on any atom is 0.347 e. The van der Waals surface area contributed by atoms with Crippen molar-refractivity contribution in [3.05, 3.63) is 144 Å². The van der Waals surface area contributed by atoms with Gasteiger partial charge < -0.3 is 25.2 Å². The summed E-state index contributed by atoms with van der Waals surface area (Å²) >= 11 is 3.96. The molecule has 8 rings (SSSR count). The molecule has 4 aromatic rings. The lowest BCUT2D eigenvalue weighted by molar-refractivity contribution is -0.172. The number of carbonyl (C=O) groups is 2. The summed E-state index contributed by atoms with van der Waals surface area (Å²) in [4.78, 5) is 31.3. The summed E-state index contributed by atoms with van der Waals surface area (Å²) in [6, 6.07) is 38.0. The normalized spacial score (nSPS) is 24.4. The van der Waals surface area contributed by atoms with Crippen LogP contribution in [-0.4, -0.2) is 111 Å². The lowest BCUT2D eigenvalue weighted by Gasteiger charge is -2.46. The van der Waals surface area contributed by atoms with E-state index in [4.69, 9.17) is 9.47 Å². The van der Waals surface area contributed by atoms with Gasteiger partial charge >= 0.3 is 11.9 Å². The number of piperidine rings is 2. The molecule has 57 heavy (non-hydrogen) atoms. The van der Waals surface area contributed by atoms with Crippen molar-refractivity contribution in [2.75, 3.05) is 37.1 Å². The second-order valence-electron chi connectivity index (χ2n) is 14.9. The molecule has 4 saturated heterocycles. The summed E-state index contributed by atoms with van der Waals surface area (Å²) in [5, 5.41) is 23.0. The number of halogens is 2. The van der Waals surface area contributed by atoms with Crippen LogP contribution in [0.15, 0.2) is 121 Å². The third-order valence-electron chi connectivity index (χ3n) is 11.6. The van der Waals surface area contributed by atoms with E-state index in [2.05, 4.69) is 23.9 Å². The number of nitrogens with zero attached hydrogens (tertiary/aromatic N) is 2. The van der Waals surface area contributed by atoms with Crippen LogP contribution in [0.5, 0.6) is 0 Å². The van der Waals surface area contributed by atoms with Crippen LogP contribution in [0.25, 0.3) is 0 Å². The fourth-order valence-electron chi connectivity index (χ4n) is 8.28. The molecule has 4 aliphatic rings. The first-order valence-corrected chi connectivity index (χ1v) is 21.2. The molecule has 4 unspecified atom stereocenters. The number of aliphatic hydroxyl groups is 2. The van der Waals surface area contributed by atoms with Crippen molar-refractivity contribution in [1.29, 1.82) is 0 Å². The molecular weight excluding hydrogens is 804 g/mol. The maximum atomic E-state index is 13.2. The Kier molecular flexibility index (Phi) is 16.9. The third-order valence-corrected chi connectivity index (χ3v) is 14.1. The van der Waals surface area contributed by atoms with Gasteiger partial charge in [-0.05, 0) is 36.3 Å². The molecule has 0 spiro atoms. The van der Waals surface area contributed by atoms with E-state index in [1.165, 1.54) is 0 Å². The Balaban J connectivity index is 0.000000240. The summed E-state index contributed by atoms with van der Waals surface area (Å²) < 4.78 is 11.9. The van der Waals surface area contributed by atoms with E-state index in [1.807, 2.05) is 96.3 Å². The van der Waals surface area contributed by atoms with Gasteiger partial charge in [-0.25, -0.2) is 9.59 Å². The smallest absolute Gasteiger partial charge is 0.347 e. The molecule has 0 saturated carbocycles. The van der Waals surface area contributed by atoms with E-state index in [0.717, 1.165) is 48.7 Å². The summed E-state index contributed by atoms with van der Waals surface area (Å²) in [5.41, 5.74) is -1.46. The molecule has 4 N–H and O–H groups in total. The highest BCUT2D eigenvalue weighted by molar-refractivity contribution is 7.99. The maximum absolute atomic E-state index is 13.2. The van der Waals surface area contributed by atoms with Crippen LogP contribution in [0.3, 0.4) is 0 Å². The van der Waals surface area contributed by atoms with Crippen LogP contribution in [0.1, 0.15) is 47.9 Å². The summed E-state index contributed by atoms with van der Waals surface area (Å²) in [5.74, 6) is 3.12. The number of ether oxygens (including phenoxy) is 2. The van der Waals surface area contributed by atoms with Crippen molar-refractivity contribution < 1.29 is 34.8 Å². The zero-order chi connectivity index (χ0) is 37.7. The number of carbonyl (C=O) groups excluding carboxylic acids is 2. The Hall–Kier alpha value is -3.10. The van der Waals surface area contributed by atoms with E-state index < -0.39 is 23.1 Å². The Morgan fingerprint density at radius 1 is 0.509 bits per heavy atom. The minimum absolute atomic E-state index is 0. The first kappa shape index (κ1) is 46.6. The molecule has 13 heteroatoms. The number of benzene rings is 4. The van der Waals surface area contributed by atoms with Gasteiger partial charge in [0.2, 0.25) is 11.2 Å². The highest BCUT2D eigenvalue weighted by Gasteiger charge is 2.46. The monoisotopic (exact) mass is 856 g/mol. The minimum Gasteiger partial charge on any atom is -0.460 e. The molecule has 4 aliphatic heterocycles. The number of thioether (sulfide) groups is 2. The van der Waals surface area contributed by atoms with Gasteiger partial charge in [0, 0.05) is 72.9 Å². The fraction of sp³-hybridized carbons (Fsp3) is 0.409. The molecule has 4 atom stereocenters. The first-order valence-electron chi connectivity index (χ1n) is 18.9. The Bertz CT molecular complexity index is 1610. The van der Waals surface area contributed by atoms with Crippen molar-refractivity contribution in [1.82, 2.24) is 9.80 Å². The van der Waals surface area contributed by atoms with E-state index in [1.54, 1.807) is 48.5 Å². The molecule has 0 aromatic heterocycles. The average molecular weight is 858 g/mol. The molecule has 0 amide bonds. The lowest BCUT2D eigenvalue weighted by Crippen LogP contribution is -2.55. The third kappa shape index (κ3) is 10.0. The predicted molar refractivity (Wildman–Crippen MR) is 233 cm³/mol. The second-order valence-corrected chi connectivity index (χ2v) is 17.1.